The molecule has 18 heavy (non-hydrogen) atoms. The summed E-state index contributed by atoms with van der Waals surface area (Å²) in [6.45, 7) is 1.39. The van der Waals surface area contributed by atoms with Gasteiger partial charge < -0.3 is 16.4 Å². The Morgan fingerprint density at radius 2 is 2.17 bits per heavy atom. The van der Waals surface area contributed by atoms with Gasteiger partial charge in [0.25, 0.3) is 0 Å². The number of anilines is 1. The summed E-state index contributed by atoms with van der Waals surface area (Å²) < 4.78 is 0. The van der Waals surface area contributed by atoms with E-state index < -0.39 is 0 Å². The lowest BCUT2D eigenvalue weighted by atomic mass is 10.1. The number of carbonyl (C=O) groups is 1. The predicted molar refractivity (Wildman–Crippen MR) is 76.9 cm³/mol. The van der Waals surface area contributed by atoms with E-state index >= 15 is 0 Å². The van der Waals surface area contributed by atoms with E-state index in [4.69, 9.17) is 35.3 Å². The number of hydrogen-bond donors (Lipinski definition) is 2. The van der Waals surface area contributed by atoms with Crippen molar-refractivity contribution in [3.8, 4) is 0 Å². The fraction of sp³-hybridized carbons (Fsp3) is 0.333. The van der Waals surface area contributed by atoms with E-state index in [2.05, 4.69) is 4.90 Å². The first kappa shape index (κ1) is 13.1. The number of nitrogens with zero attached hydrogens (tertiary/aromatic N) is 1. The molecule has 0 radical (unpaired) electrons. The van der Waals surface area contributed by atoms with E-state index in [0.29, 0.717) is 16.6 Å². The zero-order valence-corrected chi connectivity index (χ0v) is 11.3. The summed E-state index contributed by atoms with van der Waals surface area (Å²) in [4.78, 5) is 13.5. The number of nitrogens with two attached hydrogens (primary N) is 2. The van der Waals surface area contributed by atoms with Crippen molar-refractivity contribution < 1.29 is 4.79 Å². The molecule has 96 valence electrons. The Labute approximate surface area is 116 Å². The van der Waals surface area contributed by atoms with Crippen LogP contribution in [0, 0.1) is 5.92 Å². The van der Waals surface area contributed by atoms with Crippen LogP contribution < -0.4 is 16.4 Å². The molecule has 1 amide bonds. The van der Waals surface area contributed by atoms with Crippen molar-refractivity contribution in [2.24, 2.45) is 17.4 Å². The van der Waals surface area contributed by atoms with Gasteiger partial charge in [0.1, 0.15) is 4.99 Å². The van der Waals surface area contributed by atoms with Crippen LogP contribution in [-0.2, 0) is 4.79 Å². The first-order valence-corrected chi connectivity index (χ1v) is 6.41. The molecule has 0 bridgehead atoms. The topological polar surface area (TPSA) is 72.4 Å². The van der Waals surface area contributed by atoms with Gasteiger partial charge in [-0.15, -0.1) is 0 Å². The molecule has 0 aromatic heterocycles. The highest BCUT2D eigenvalue weighted by atomic mass is 35.5. The summed E-state index contributed by atoms with van der Waals surface area (Å²) in [6.07, 6.45) is 0.767. The van der Waals surface area contributed by atoms with Crippen molar-refractivity contribution in [3.63, 3.8) is 0 Å². The molecule has 6 heteroatoms. The first-order chi connectivity index (χ1) is 8.49. The number of carbonyl (C=O) groups excluding carboxylic acids is 1. The van der Waals surface area contributed by atoms with Gasteiger partial charge in [-0.3, -0.25) is 4.79 Å². The third-order valence-electron chi connectivity index (χ3n) is 3.16. The van der Waals surface area contributed by atoms with E-state index in [1.807, 2.05) is 12.1 Å². The summed E-state index contributed by atoms with van der Waals surface area (Å²) >= 11 is 11.1. The quantitative estimate of drug-likeness (QED) is 0.820. The van der Waals surface area contributed by atoms with E-state index in [9.17, 15) is 4.79 Å². The molecule has 1 heterocycles. The zero-order valence-electron chi connectivity index (χ0n) is 9.73. The van der Waals surface area contributed by atoms with Crippen molar-refractivity contribution in [1.29, 1.82) is 0 Å². The van der Waals surface area contributed by atoms with Crippen LogP contribution in [0.2, 0.25) is 5.02 Å². The van der Waals surface area contributed by atoms with Crippen molar-refractivity contribution in [2.45, 2.75) is 6.42 Å². The summed E-state index contributed by atoms with van der Waals surface area (Å²) in [5.41, 5.74) is 12.5. The van der Waals surface area contributed by atoms with Gasteiger partial charge in [-0.25, -0.2) is 0 Å². The molecule has 0 saturated carbocycles. The molecule has 1 saturated heterocycles. The largest absolute Gasteiger partial charge is 0.389 e. The molecule has 1 aromatic carbocycles. The maximum atomic E-state index is 11.1. The Balaban J connectivity index is 2.20. The van der Waals surface area contributed by atoms with E-state index in [-0.39, 0.29) is 11.8 Å². The van der Waals surface area contributed by atoms with Crippen LogP contribution in [0.5, 0.6) is 0 Å². The second-order valence-corrected chi connectivity index (χ2v) is 5.21. The minimum Gasteiger partial charge on any atom is -0.389 e. The van der Waals surface area contributed by atoms with Gasteiger partial charge in [-0.05, 0) is 24.6 Å². The standard InChI is InChI=1S/C12H14ClN3OS/c13-9-5-7(12(15)18)1-2-10(9)16-4-3-8(6-16)11(14)17/h1-2,5,8H,3-4,6H2,(H2,14,17)(H2,15,18). The fourth-order valence-corrected chi connectivity index (χ4v) is 2.55. The maximum absolute atomic E-state index is 11.1. The third-order valence-corrected chi connectivity index (χ3v) is 3.70. The molecule has 1 atom stereocenters. The van der Waals surface area contributed by atoms with Crippen LogP contribution in [0.25, 0.3) is 0 Å². The lowest BCUT2D eigenvalue weighted by Gasteiger charge is -2.20. The minimum absolute atomic E-state index is 0.101. The lowest BCUT2D eigenvalue weighted by molar-refractivity contribution is -0.121. The number of halogens is 1. The molecule has 1 aliphatic heterocycles. The number of amides is 1. The summed E-state index contributed by atoms with van der Waals surface area (Å²) in [7, 11) is 0. The molecule has 1 fully saturated rings. The normalized spacial score (nSPS) is 18.9. The van der Waals surface area contributed by atoms with Gasteiger partial charge in [0, 0.05) is 18.7 Å². The highest BCUT2D eigenvalue weighted by Gasteiger charge is 2.27. The Kier molecular flexibility index (Phi) is 3.73. The Morgan fingerprint density at radius 3 is 2.67 bits per heavy atom. The maximum Gasteiger partial charge on any atom is 0.222 e. The van der Waals surface area contributed by atoms with Crippen molar-refractivity contribution in [3.05, 3.63) is 28.8 Å². The van der Waals surface area contributed by atoms with Crippen LogP contribution in [0.15, 0.2) is 18.2 Å². The molecular formula is C12H14ClN3OS. The van der Waals surface area contributed by atoms with Crippen molar-refractivity contribution in [2.75, 3.05) is 18.0 Å². The average molecular weight is 284 g/mol. The Hall–Kier alpha value is -1.33. The molecule has 1 unspecified atom stereocenters. The highest BCUT2D eigenvalue weighted by Crippen LogP contribution is 2.31. The SMILES string of the molecule is NC(=O)C1CCN(c2ccc(C(N)=S)cc2Cl)C1. The average Bonchev–Trinajstić information content (AvgIpc) is 2.78. The first-order valence-electron chi connectivity index (χ1n) is 5.62. The summed E-state index contributed by atoms with van der Waals surface area (Å²) in [5, 5.41) is 0.588. The number of hydrogen-bond acceptors (Lipinski definition) is 3. The van der Waals surface area contributed by atoms with Crippen molar-refractivity contribution >= 4 is 40.4 Å². The number of primary amides is 1. The number of thiocarbonyl (C=S) groups is 1. The van der Waals surface area contributed by atoms with Crippen LogP contribution in [0.3, 0.4) is 0 Å². The molecule has 1 aromatic rings. The molecule has 0 aliphatic carbocycles. The molecule has 4 nitrogen and oxygen atoms in total. The second kappa shape index (κ2) is 5.12. The number of rotatable bonds is 3. The monoisotopic (exact) mass is 283 g/mol. The zero-order chi connectivity index (χ0) is 13.3. The van der Waals surface area contributed by atoms with Crippen molar-refractivity contribution in [1.82, 2.24) is 0 Å². The predicted octanol–water partition coefficient (Wildman–Crippen LogP) is 1.29. The molecule has 0 spiro atoms. The fourth-order valence-electron chi connectivity index (χ4n) is 2.13. The van der Waals surface area contributed by atoms with Gasteiger partial charge in [0.2, 0.25) is 5.91 Å². The van der Waals surface area contributed by atoms with Crippen LogP contribution >= 0.6 is 23.8 Å². The van der Waals surface area contributed by atoms with Crippen LogP contribution in [0.1, 0.15) is 12.0 Å². The number of benzene rings is 1. The minimum atomic E-state index is -0.256. The second-order valence-electron chi connectivity index (χ2n) is 4.36. The highest BCUT2D eigenvalue weighted by molar-refractivity contribution is 7.80. The summed E-state index contributed by atoms with van der Waals surface area (Å²) in [6, 6.07) is 5.46. The molecule has 4 N–H and O–H groups in total. The smallest absolute Gasteiger partial charge is 0.222 e. The molecule has 1 aliphatic rings. The lowest BCUT2D eigenvalue weighted by Crippen LogP contribution is -2.27. The van der Waals surface area contributed by atoms with Crippen LogP contribution in [0.4, 0.5) is 5.69 Å². The van der Waals surface area contributed by atoms with Crippen LogP contribution in [-0.4, -0.2) is 24.0 Å². The molecular weight excluding hydrogens is 270 g/mol. The van der Waals surface area contributed by atoms with Gasteiger partial charge in [-0.1, -0.05) is 23.8 Å². The summed E-state index contributed by atoms with van der Waals surface area (Å²) in [5.74, 6) is -0.357. The third kappa shape index (κ3) is 2.57. The van der Waals surface area contributed by atoms with E-state index in [1.54, 1.807) is 6.07 Å². The Morgan fingerprint density at radius 1 is 1.44 bits per heavy atom. The van der Waals surface area contributed by atoms with Gasteiger partial charge in [0.05, 0.1) is 16.6 Å². The van der Waals surface area contributed by atoms with Gasteiger partial charge >= 0.3 is 0 Å². The van der Waals surface area contributed by atoms with Gasteiger partial charge in [0.15, 0.2) is 0 Å². The van der Waals surface area contributed by atoms with E-state index in [1.165, 1.54) is 0 Å². The molecule has 2 rings (SSSR count). The van der Waals surface area contributed by atoms with E-state index in [0.717, 1.165) is 24.2 Å². The Bertz CT molecular complexity index is 506. The van der Waals surface area contributed by atoms with Gasteiger partial charge in [-0.2, -0.15) is 0 Å².